The quantitative estimate of drug-likeness (QED) is 0.299. The molecule has 0 atom stereocenters. The lowest BCUT2D eigenvalue weighted by Gasteiger charge is -2.12. The zero-order valence-corrected chi connectivity index (χ0v) is 17.4. The highest BCUT2D eigenvalue weighted by atomic mass is 79.9. The van der Waals surface area contributed by atoms with E-state index in [9.17, 15) is 14.9 Å². The van der Waals surface area contributed by atoms with E-state index >= 15 is 0 Å². The Bertz CT molecular complexity index is 1290. The molecule has 154 valence electrons. The number of hydrogen-bond acceptors (Lipinski definition) is 7. The highest BCUT2D eigenvalue weighted by Gasteiger charge is 2.26. The predicted octanol–water partition coefficient (Wildman–Crippen LogP) is 4.85. The van der Waals surface area contributed by atoms with Crippen molar-refractivity contribution in [2.75, 3.05) is 5.43 Å². The van der Waals surface area contributed by atoms with E-state index in [2.05, 4.69) is 36.7 Å². The number of carbonyl (C=O) groups excluding carboxylic acids is 1. The molecule has 0 spiro atoms. The third kappa shape index (κ3) is 4.28. The first-order chi connectivity index (χ1) is 15.0. The predicted molar refractivity (Wildman–Crippen MR) is 118 cm³/mol. The maximum atomic E-state index is 12.4. The summed E-state index contributed by atoms with van der Waals surface area (Å²) < 4.78 is 6.36. The van der Waals surface area contributed by atoms with Crippen molar-refractivity contribution >= 4 is 44.1 Å². The fourth-order valence-electron chi connectivity index (χ4n) is 2.91. The second-order valence-corrected chi connectivity index (χ2v) is 7.13. The van der Waals surface area contributed by atoms with Crippen molar-refractivity contribution in [2.45, 2.75) is 0 Å². The van der Waals surface area contributed by atoms with Gasteiger partial charge in [0.05, 0.1) is 10.5 Å². The van der Waals surface area contributed by atoms with Crippen molar-refractivity contribution in [1.29, 1.82) is 0 Å². The van der Waals surface area contributed by atoms with Crippen LogP contribution in [-0.4, -0.2) is 20.8 Å². The van der Waals surface area contributed by atoms with Crippen LogP contribution in [0.5, 0.6) is 11.6 Å². The first kappa shape index (κ1) is 20.2. The molecular formula is C21H14BrN5O4. The number of benzene rings is 3. The monoisotopic (exact) mass is 479 g/mol. The average molecular weight is 480 g/mol. The Morgan fingerprint density at radius 1 is 1.00 bits per heavy atom. The van der Waals surface area contributed by atoms with Crippen molar-refractivity contribution in [1.82, 2.24) is 15.4 Å². The first-order valence-corrected chi connectivity index (χ1v) is 9.80. The molecule has 0 fully saturated rings. The van der Waals surface area contributed by atoms with Crippen LogP contribution in [0.4, 0.5) is 11.5 Å². The summed E-state index contributed by atoms with van der Waals surface area (Å²) in [5.41, 5.74) is 4.73. The third-order valence-corrected chi connectivity index (χ3v) is 5.03. The molecule has 0 aliphatic heterocycles. The zero-order valence-electron chi connectivity index (χ0n) is 15.8. The fourth-order valence-corrected chi connectivity index (χ4v) is 3.38. The van der Waals surface area contributed by atoms with Crippen LogP contribution in [0.2, 0.25) is 0 Å². The second-order valence-electron chi connectivity index (χ2n) is 6.27. The average Bonchev–Trinajstić information content (AvgIpc) is 2.78. The number of hydrogen-bond donors (Lipinski definition) is 2. The number of hydrazine groups is 1. The van der Waals surface area contributed by atoms with Gasteiger partial charge in [0.1, 0.15) is 12.1 Å². The van der Waals surface area contributed by atoms with Crippen LogP contribution in [0.25, 0.3) is 10.8 Å². The van der Waals surface area contributed by atoms with Gasteiger partial charge in [0.2, 0.25) is 5.82 Å². The van der Waals surface area contributed by atoms with E-state index in [1.165, 1.54) is 0 Å². The number of fused-ring (bicyclic) bond motifs is 1. The second kappa shape index (κ2) is 8.76. The van der Waals surface area contributed by atoms with E-state index in [-0.39, 0.29) is 11.7 Å². The van der Waals surface area contributed by atoms with Gasteiger partial charge in [-0.3, -0.25) is 25.8 Å². The standard InChI is InChI=1S/C21H14BrN5O4/c22-16-10-4-3-9-15(16)20(28)26-25-19-18(27(29)30)21(24-12-23-19)31-17-11-5-7-13-6-1-2-8-14(13)17/h1-12H,(H,26,28)(H,23,24,25). The highest BCUT2D eigenvalue weighted by Crippen LogP contribution is 2.36. The molecular weight excluding hydrogens is 466 g/mol. The number of nitrogens with one attached hydrogen (secondary N) is 2. The van der Waals surface area contributed by atoms with Gasteiger partial charge in [0.15, 0.2) is 0 Å². The molecule has 1 aromatic heterocycles. The summed E-state index contributed by atoms with van der Waals surface area (Å²) in [6.07, 6.45) is 1.11. The molecule has 1 heterocycles. The Morgan fingerprint density at radius 2 is 1.74 bits per heavy atom. The van der Waals surface area contributed by atoms with Gasteiger partial charge in [-0.05, 0) is 39.5 Å². The number of nitro groups is 1. The number of carbonyl (C=O) groups is 1. The maximum absolute atomic E-state index is 12.4. The fraction of sp³-hybridized carbons (Fsp3) is 0. The molecule has 9 nitrogen and oxygen atoms in total. The van der Waals surface area contributed by atoms with Crippen molar-refractivity contribution in [2.24, 2.45) is 0 Å². The molecule has 2 N–H and O–H groups in total. The molecule has 4 rings (SSSR count). The smallest absolute Gasteiger partial charge is 0.374 e. The van der Waals surface area contributed by atoms with Crippen LogP contribution in [0.15, 0.2) is 77.5 Å². The summed E-state index contributed by atoms with van der Waals surface area (Å²) in [7, 11) is 0. The van der Waals surface area contributed by atoms with E-state index in [1.54, 1.807) is 36.4 Å². The first-order valence-electron chi connectivity index (χ1n) is 9.00. The van der Waals surface area contributed by atoms with Crippen molar-refractivity contribution in [3.63, 3.8) is 0 Å². The summed E-state index contributed by atoms with van der Waals surface area (Å²) in [4.78, 5) is 31.3. The lowest BCUT2D eigenvalue weighted by atomic mass is 10.1. The summed E-state index contributed by atoms with van der Waals surface area (Å²) in [5.74, 6) is -0.565. The minimum absolute atomic E-state index is 0.212. The van der Waals surface area contributed by atoms with E-state index in [0.29, 0.717) is 15.8 Å². The zero-order chi connectivity index (χ0) is 21.8. The summed E-state index contributed by atoms with van der Waals surface area (Å²) in [5, 5.41) is 13.4. The van der Waals surface area contributed by atoms with E-state index < -0.39 is 16.5 Å². The molecule has 0 bridgehead atoms. The van der Waals surface area contributed by atoms with Gasteiger partial charge in [-0.25, -0.2) is 4.98 Å². The van der Waals surface area contributed by atoms with Crippen LogP contribution in [0.1, 0.15) is 10.4 Å². The Labute approximate surface area is 184 Å². The van der Waals surface area contributed by atoms with Crippen molar-refractivity contribution in [3.8, 4) is 11.6 Å². The highest BCUT2D eigenvalue weighted by molar-refractivity contribution is 9.10. The van der Waals surface area contributed by atoms with Gasteiger partial charge < -0.3 is 4.74 Å². The van der Waals surface area contributed by atoms with Gasteiger partial charge >= 0.3 is 11.6 Å². The molecule has 1 amide bonds. The number of amides is 1. The van der Waals surface area contributed by atoms with Crippen molar-refractivity contribution in [3.05, 3.63) is 93.2 Å². The molecule has 4 aromatic rings. The Balaban J connectivity index is 1.63. The molecule has 3 aromatic carbocycles. The maximum Gasteiger partial charge on any atom is 0.374 e. The van der Waals surface area contributed by atoms with E-state index in [4.69, 9.17) is 4.74 Å². The van der Waals surface area contributed by atoms with Gasteiger partial charge in [-0.15, -0.1) is 0 Å². The summed E-state index contributed by atoms with van der Waals surface area (Å²) >= 11 is 3.29. The van der Waals surface area contributed by atoms with Crippen LogP contribution in [0, 0.1) is 10.1 Å². The number of ether oxygens (including phenoxy) is 1. The number of rotatable bonds is 6. The minimum Gasteiger partial charge on any atom is -0.433 e. The number of anilines is 1. The third-order valence-electron chi connectivity index (χ3n) is 4.34. The largest absolute Gasteiger partial charge is 0.433 e. The molecule has 0 saturated carbocycles. The Hall–Kier alpha value is -4.05. The molecule has 0 radical (unpaired) electrons. The van der Waals surface area contributed by atoms with Gasteiger partial charge in [-0.1, -0.05) is 48.5 Å². The Kier molecular flexibility index (Phi) is 5.72. The normalized spacial score (nSPS) is 10.5. The van der Waals surface area contributed by atoms with E-state index in [1.807, 2.05) is 30.3 Å². The number of nitrogens with zero attached hydrogens (tertiary/aromatic N) is 3. The molecule has 0 unspecified atom stereocenters. The van der Waals surface area contributed by atoms with Crippen LogP contribution < -0.4 is 15.6 Å². The Morgan fingerprint density at radius 3 is 2.55 bits per heavy atom. The van der Waals surface area contributed by atoms with Crippen LogP contribution in [0.3, 0.4) is 0 Å². The molecule has 0 saturated heterocycles. The van der Waals surface area contributed by atoms with Gasteiger partial charge in [0, 0.05) is 9.86 Å². The van der Waals surface area contributed by atoms with Crippen LogP contribution in [-0.2, 0) is 0 Å². The van der Waals surface area contributed by atoms with Crippen molar-refractivity contribution < 1.29 is 14.5 Å². The lowest BCUT2D eigenvalue weighted by molar-refractivity contribution is -0.385. The number of halogens is 1. The molecule has 31 heavy (non-hydrogen) atoms. The topological polar surface area (TPSA) is 119 Å². The molecule has 0 aliphatic rings. The van der Waals surface area contributed by atoms with Gasteiger partial charge in [-0.2, -0.15) is 4.98 Å². The lowest BCUT2D eigenvalue weighted by Crippen LogP contribution is -2.30. The summed E-state index contributed by atoms with van der Waals surface area (Å²) in [6.45, 7) is 0. The summed E-state index contributed by atoms with van der Waals surface area (Å²) in [6, 6.07) is 19.6. The molecule has 0 aliphatic carbocycles. The SMILES string of the molecule is O=C(NNc1ncnc(Oc2cccc3ccccc23)c1[N+](=O)[O-])c1ccccc1Br. The minimum atomic E-state index is -0.673. The van der Waals surface area contributed by atoms with E-state index in [0.717, 1.165) is 17.1 Å². The van der Waals surface area contributed by atoms with Gasteiger partial charge in [0.25, 0.3) is 5.91 Å². The number of aromatic nitrogens is 2. The van der Waals surface area contributed by atoms with Crippen LogP contribution >= 0.6 is 15.9 Å². The molecule has 10 heteroatoms.